The van der Waals surface area contributed by atoms with Gasteiger partial charge in [0.05, 0.1) is 0 Å². The molecule has 0 aliphatic heterocycles. The van der Waals surface area contributed by atoms with E-state index in [1.165, 1.54) is 12.8 Å². The molecule has 0 aromatic heterocycles. The summed E-state index contributed by atoms with van der Waals surface area (Å²) in [4.78, 5) is 2.49. The molecule has 0 aliphatic carbocycles. The van der Waals surface area contributed by atoms with E-state index in [4.69, 9.17) is 17.3 Å². The maximum atomic E-state index is 6.24. The van der Waals surface area contributed by atoms with Crippen LogP contribution in [0.15, 0.2) is 18.2 Å². The van der Waals surface area contributed by atoms with Crippen LogP contribution in [0.5, 0.6) is 0 Å². The highest BCUT2D eigenvalue weighted by molar-refractivity contribution is 6.31. The Morgan fingerprint density at radius 2 is 2.06 bits per heavy atom. The average molecular weight is 269 g/mol. The summed E-state index contributed by atoms with van der Waals surface area (Å²) >= 11 is 6.24. The molecule has 0 radical (unpaired) electrons. The van der Waals surface area contributed by atoms with Crippen LogP contribution in [0.2, 0.25) is 5.02 Å². The van der Waals surface area contributed by atoms with E-state index >= 15 is 0 Å². The lowest BCUT2D eigenvalue weighted by Gasteiger charge is -2.28. The molecule has 0 bridgehead atoms. The van der Waals surface area contributed by atoms with Crippen LogP contribution in [-0.2, 0) is 6.54 Å². The van der Waals surface area contributed by atoms with Gasteiger partial charge in [0.2, 0.25) is 0 Å². The van der Waals surface area contributed by atoms with Gasteiger partial charge in [-0.05, 0) is 50.1 Å². The van der Waals surface area contributed by atoms with Crippen LogP contribution in [-0.4, -0.2) is 17.5 Å². The molecule has 2 N–H and O–H groups in total. The Bertz CT molecular complexity index is 366. The second-order valence-electron chi connectivity index (χ2n) is 4.93. The summed E-state index contributed by atoms with van der Waals surface area (Å²) in [6.07, 6.45) is 3.60. The molecule has 3 heteroatoms. The van der Waals surface area contributed by atoms with Crippen molar-refractivity contribution in [2.75, 3.05) is 12.3 Å². The molecule has 0 spiro atoms. The minimum absolute atomic E-state index is 0.578. The molecule has 0 saturated carbocycles. The van der Waals surface area contributed by atoms with E-state index in [2.05, 4.69) is 25.7 Å². The third kappa shape index (κ3) is 4.51. The molecule has 0 amide bonds. The number of hydrogen-bond acceptors (Lipinski definition) is 2. The van der Waals surface area contributed by atoms with E-state index < -0.39 is 0 Å². The van der Waals surface area contributed by atoms with Crippen molar-refractivity contribution in [3.8, 4) is 0 Å². The molecule has 18 heavy (non-hydrogen) atoms. The van der Waals surface area contributed by atoms with Crippen molar-refractivity contribution in [1.82, 2.24) is 4.90 Å². The van der Waals surface area contributed by atoms with Gasteiger partial charge in [0.25, 0.3) is 0 Å². The maximum absolute atomic E-state index is 6.24. The van der Waals surface area contributed by atoms with Crippen molar-refractivity contribution in [2.24, 2.45) is 0 Å². The number of hydrogen-bond donors (Lipinski definition) is 1. The lowest BCUT2D eigenvalue weighted by molar-refractivity contribution is 0.192. The Morgan fingerprint density at radius 3 is 2.67 bits per heavy atom. The third-order valence-corrected chi connectivity index (χ3v) is 3.82. The topological polar surface area (TPSA) is 29.3 Å². The Labute approximate surface area is 116 Å². The zero-order chi connectivity index (χ0) is 13.5. The van der Waals surface area contributed by atoms with E-state index in [1.54, 1.807) is 0 Å². The Balaban J connectivity index is 2.77. The lowest BCUT2D eigenvalue weighted by atomic mass is 10.1. The Kier molecular flexibility index (Phi) is 6.51. The molecule has 1 atom stereocenters. The van der Waals surface area contributed by atoms with Crippen molar-refractivity contribution in [1.29, 1.82) is 0 Å². The van der Waals surface area contributed by atoms with Crippen LogP contribution < -0.4 is 5.73 Å². The van der Waals surface area contributed by atoms with Crippen molar-refractivity contribution in [3.05, 3.63) is 28.8 Å². The Hall–Kier alpha value is -0.730. The second-order valence-corrected chi connectivity index (χ2v) is 5.34. The van der Waals surface area contributed by atoms with Crippen LogP contribution in [0.25, 0.3) is 0 Å². The molecule has 0 saturated heterocycles. The zero-order valence-electron chi connectivity index (χ0n) is 11.7. The van der Waals surface area contributed by atoms with Gasteiger partial charge in [-0.3, -0.25) is 4.90 Å². The van der Waals surface area contributed by atoms with Gasteiger partial charge in [-0.1, -0.05) is 31.9 Å². The SMILES string of the molecule is CCCCN(Cc1cc(N)ccc1Cl)C(C)CC. The summed E-state index contributed by atoms with van der Waals surface area (Å²) in [5, 5.41) is 0.814. The summed E-state index contributed by atoms with van der Waals surface area (Å²) in [5.41, 5.74) is 7.75. The smallest absolute Gasteiger partial charge is 0.0452 e. The third-order valence-electron chi connectivity index (χ3n) is 3.46. The normalized spacial score (nSPS) is 12.9. The van der Waals surface area contributed by atoms with Gasteiger partial charge < -0.3 is 5.73 Å². The fourth-order valence-corrected chi connectivity index (χ4v) is 2.19. The van der Waals surface area contributed by atoms with E-state index in [0.717, 1.165) is 35.8 Å². The van der Waals surface area contributed by atoms with E-state index in [9.17, 15) is 0 Å². The standard InChI is InChI=1S/C15H25ClN2/c1-4-6-9-18(12(3)5-2)11-13-10-14(17)7-8-15(13)16/h7-8,10,12H,4-6,9,11,17H2,1-3H3. The van der Waals surface area contributed by atoms with Crippen LogP contribution in [0, 0.1) is 0 Å². The minimum atomic E-state index is 0.578. The molecule has 2 nitrogen and oxygen atoms in total. The molecular formula is C15H25ClN2. The number of halogens is 1. The monoisotopic (exact) mass is 268 g/mol. The predicted octanol–water partition coefficient (Wildman–Crippen LogP) is 4.32. The Morgan fingerprint density at radius 1 is 1.33 bits per heavy atom. The fourth-order valence-electron chi connectivity index (χ4n) is 2.01. The van der Waals surface area contributed by atoms with Crippen molar-refractivity contribution in [3.63, 3.8) is 0 Å². The number of nitrogens with two attached hydrogens (primary N) is 1. The number of nitrogen functional groups attached to an aromatic ring is 1. The minimum Gasteiger partial charge on any atom is -0.399 e. The average Bonchev–Trinajstić information content (AvgIpc) is 2.37. The van der Waals surface area contributed by atoms with E-state index in [-0.39, 0.29) is 0 Å². The maximum Gasteiger partial charge on any atom is 0.0452 e. The summed E-state index contributed by atoms with van der Waals surface area (Å²) in [5.74, 6) is 0. The molecule has 1 aromatic rings. The summed E-state index contributed by atoms with van der Waals surface area (Å²) < 4.78 is 0. The first-order valence-corrected chi connectivity index (χ1v) is 7.24. The fraction of sp³-hybridized carbons (Fsp3) is 0.600. The van der Waals surface area contributed by atoms with Crippen LogP contribution in [0.3, 0.4) is 0 Å². The number of rotatable bonds is 7. The van der Waals surface area contributed by atoms with Gasteiger partial charge in [-0.15, -0.1) is 0 Å². The molecular weight excluding hydrogens is 244 g/mol. The molecule has 1 rings (SSSR count). The van der Waals surface area contributed by atoms with Crippen molar-refractivity contribution >= 4 is 17.3 Å². The second kappa shape index (κ2) is 7.65. The van der Waals surface area contributed by atoms with Gasteiger partial charge >= 0.3 is 0 Å². The van der Waals surface area contributed by atoms with Crippen molar-refractivity contribution < 1.29 is 0 Å². The van der Waals surface area contributed by atoms with Crippen LogP contribution in [0.1, 0.15) is 45.6 Å². The van der Waals surface area contributed by atoms with Gasteiger partial charge in [0.1, 0.15) is 0 Å². The van der Waals surface area contributed by atoms with E-state index in [0.29, 0.717) is 6.04 Å². The van der Waals surface area contributed by atoms with Gasteiger partial charge in [0, 0.05) is 23.3 Å². The molecule has 102 valence electrons. The summed E-state index contributed by atoms with van der Waals surface area (Å²) in [7, 11) is 0. The molecule has 1 unspecified atom stereocenters. The highest BCUT2D eigenvalue weighted by atomic mass is 35.5. The highest BCUT2D eigenvalue weighted by Gasteiger charge is 2.13. The molecule has 0 aliphatic rings. The lowest BCUT2D eigenvalue weighted by Crippen LogP contribution is -2.33. The zero-order valence-corrected chi connectivity index (χ0v) is 12.5. The van der Waals surface area contributed by atoms with E-state index in [1.807, 2.05) is 18.2 Å². The quantitative estimate of drug-likeness (QED) is 0.746. The first-order chi connectivity index (χ1) is 8.58. The molecule has 1 aromatic carbocycles. The van der Waals surface area contributed by atoms with Gasteiger partial charge in [-0.25, -0.2) is 0 Å². The highest BCUT2D eigenvalue weighted by Crippen LogP contribution is 2.22. The van der Waals surface area contributed by atoms with Crippen LogP contribution >= 0.6 is 11.6 Å². The van der Waals surface area contributed by atoms with Crippen molar-refractivity contribution in [2.45, 2.75) is 52.6 Å². The van der Waals surface area contributed by atoms with Gasteiger partial charge in [-0.2, -0.15) is 0 Å². The number of anilines is 1. The number of nitrogens with zero attached hydrogens (tertiary/aromatic N) is 1. The largest absolute Gasteiger partial charge is 0.399 e. The number of unbranched alkanes of at least 4 members (excludes halogenated alkanes) is 1. The molecule has 0 fully saturated rings. The number of benzene rings is 1. The molecule has 0 heterocycles. The first-order valence-electron chi connectivity index (χ1n) is 6.86. The van der Waals surface area contributed by atoms with Gasteiger partial charge in [0.15, 0.2) is 0 Å². The predicted molar refractivity (Wildman–Crippen MR) is 80.9 cm³/mol. The first kappa shape index (κ1) is 15.3. The summed E-state index contributed by atoms with van der Waals surface area (Å²) in [6.45, 7) is 8.73. The van der Waals surface area contributed by atoms with Crippen LogP contribution in [0.4, 0.5) is 5.69 Å². The summed E-state index contributed by atoms with van der Waals surface area (Å²) in [6, 6.07) is 6.31.